The number of halogens is 2. The second-order valence-corrected chi connectivity index (χ2v) is 9.43. The van der Waals surface area contributed by atoms with Crippen LogP contribution in [0.4, 0.5) is 13.9 Å². The number of rotatable bonds is 6. The normalized spacial score (nSPS) is 12.9. The molecule has 182 valence electrons. The number of amides is 1. The molecule has 1 N–H and O–H groups in total. The van der Waals surface area contributed by atoms with E-state index in [1.165, 1.54) is 52.8 Å². The van der Waals surface area contributed by atoms with E-state index in [0.29, 0.717) is 33.6 Å². The van der Waals surface area contributed by atoms with Crippen molar-refractivity contribution in [3.05, 3.63) is 86.9 Å². The number of thiazole rings is 1. The minimum atomic E-state index is -2.69. The van der Waals surface area contributed by atoms with Crippen LogP contribution in [0.3, 0.4) is 0 Å². The van der Waals surface area contributed by atoms with Gasteiger partial charge in [0.15, 0.2) is 5.13 Å². The first-order valence-corrected chi connectivity index (χ1v) is 12.0. The van der Waals surface area contributed by atoms with Gasteiger partial charge in [0.2, 0.25) is 5.89 Å². The molecule has 0 bridgehead atoms. The zero-order valence-electron chi connectivity index (χ0n) is 19.1. The summed E-state index contributed by atoms with van der Waals surface area (Å²) in [5.74, 6) is 6.34. The molecule has 7 nitrogen and oxygen atoms in total. The molecule has 0 atom stereocenters. The van der Waals surface area contributed by atoms with Gasteiger partial charge in [0.1, 0.15) is 12.8 Å². The molecule has 0 spiro atoms. The summed E-state index contributed by atoms with van der Waals surface area (Å²) in [6.07, 6.45) is 5.41. The highest BCUT2D eigenvalue weighted by Crippen LogP contribution is 2.32. The van der Waals surface area contributed by atoms with Crippen LogP contribution in [0.25, 0.3) is 11.1 Å². The number of aromatic nitrogens is 3. The summed E-state index contributed by atoms with van der Waals surface area (Å²) in [4.78, 5) is 35.1. The Morgan fingerprint density at radius 3 is 2.83 bits per heavy atom. The maximum atomic E-state index is 13.5. The highest BCUT2D eigenvalue weighted by Gasteiger charge is 2.21. The molecule has 0 aliphatic heterocycles. The summed E-state index contributed by atoms with van der Waals surface area (Å²) in [6.45, 7) is 1.77. The topological polar surface area (TPSA) is 90.0 Å². The van der Waals surface area contributed by atoms with Crippen LogP contribution in [-0.2, 0) is 6.54 Å². The summed E-state index contributed by atoms with van der Waals surface area (Å²) in [5, 5.41) is 3.04. The van der Waals surface area contributed by atoms with Gasteiger partial charge in [-0.05, 0) is 37.0 Å². The Morgan fingerprint density at radius 1 is 1.28 bits per heavy atom. The van der Waals surface area contributed by atoms with Crippen molar-refractivity contribution in [2.45, 2.75) is 32.7 Å². The highest BCUT2D eigenvalue weighted by molar-refractivity contribution is 7.16. The third kappa shape index (κ3) is 5.26. The summed E-state index contributed by atoms with van der Waals surface area (Å²) in [6, 6.07) is 5.42. The number of carbonyl (C=O) groups excluding carboxylic acids is 1. The molecule has 1 saturated carbocycles. The highest BCUT2D eigenvalue weighted by atomic mass is 32.1. The van der Waals surface area contributed by atoms with E-state index in [1.54, 1.807) is 19.2 Å². The molecule has 4 aromatic rings. The fourth-order valence-electron chi connectivity index (χ4n) is 3.60. The number of pyridine rings is 1. The Bertz CT molecular complexity index is 1540. The minimum Gasteiger partial charge on any atom is -0.447 e. The molecule has 3 heterocycles. The summed E-state index contributed by atoms with van der Waals surface area (Å²) in [5.41, 5.74) is 0.782. The van der Waals surface area contributed by atoms with Crippen molar-refractivity contribution in [2.24, 2.45) is 5.92 Å². The molecule has 0 saturated heterocycles. The van der Waals surface area contributed by atoms with E-state index < -0.39 is 17.9 Å². The van der Waals surface area contributed by atoms with Gasteiger partial charge in [-0.1, -0.05) is 35.3 Å². The molecule has 36 heavy (non-hydrogen) atoms. The molecule has 0 unspecified atom stereocenters. The Hall–Kier alpha value is -4.10. The largest absolute Gasteiger partial charge is 0.447 e. The molecule has 1 amide bonds. The van der Waals surface area contributed by atoms with E-state index in [2.05, 4.69) is 27.1 Å². The number of hydrogen-bond donors (Lipinski definition) is 1. The van der Waals surface area contributed by atoms with Crippen LogP contribution in [0.1, 0.15) is 51.5 Å². The molecule has 1 aliphatic carbocycles. The predicted molar refractivity (Wildman–Crippen MR) is 131 cm³/mol. The van der Waals surface area contributed by atoms with E-state index in [0.717, 1.165) is 17.7 Å². The van der Waals surface area contributed by atoms with Gasteiger partial charge >= 0.3 is 0 Å². The first-order valence-electron chi connectivity index (χ1n) is 11.2. The van der Waals surface area contributed by atoms with E-state index >= 15 is 0 Å². The zero-order valence-corrected chi connectivity index (χ0v) is 19.9. The standard InChI is InChI=1S/C26H20F2N4O3S/c1-15-2-6-17(24(27)28)10-19(15)21-13-32(14-22-29-8-9-35-22)23(33)11-20(21)25(34)31-26-30-12-18(36-26)7-5-16-3-4-16/h2,6,8-13,16,24H,3-4,14H2,1H3,(H,30,31,34). The lowest BCUT2D eigenvalue weighted by Gasteiger charge is -2.15. The third-order valence-corrected chi connectivity index (χ3v) is 6.49. The number of anilines is 1. The number of benzene rings is 1. The quantitative estimate of drug-likeness (QED) is 0.360. The van der Waals surface area contributed by atoms with Crippen molar-refractivity contribution < 1.29 is 18.0 Å². The molecule has 1 aliphatic rings. The van der Waals surface area contributed by atoms with Gasteiger partial charge < -0.3 is 8.98 Å². The number of aryl methyl sites for hydroxylation is 1. The molecule has 5 rings (SSSR count). The Morgan fingerprint density at radius 2 is 2.11 bits per heavy atom. The van der Waals surface area contributed by atoms with Crippen molar-refractivity contribution in [3.8, 4) is 23.0 Å². The fraction of sp³-hybridized carbons (Fsp3) is 0.231. The van der Waals surface area contributed by atoms with Crippen LogP contribution in [0, 0.1) is 24.7 Å². The average Bonchev–Trinajstić information content (AvgIpc) is 3.34. The van der Waals surface area contributed by atoms with Crippen LogP contribution < -0.4 is 10.9 Å². The lowest BCUT2D eigenvalue weighted by Crippen LogP contribution is -2.24. The van der Waals surface area contributed by atoms with Gasteiger partial charge in [-0.15, -0.1) is 0 Å². The maximum Gasteiger partial charge on any atom is 0.263 e. The van der Waals surface area contributed by atoms with Crippen LogP contribution >= 0.6 is 11.3 Å². The van der Waals surface area contributed by atoms with E-state index in [4.69, 9.17) is 4.42 Å². The van der Waals surface area contributed by atoms with Crippen LogP contribution in [0.2, 0.25) is 0 Å². The molecular formula is C26H20F2N4O3S. The van der Waals surface area contributed by atoms with Gasteiger partial charge in [0.05, 0.1) is 22.8 Å². The molecule has 1 fully saturated rings. The van der Waals surface area contributed by atoms with Gasteiger partial charge in [-0.2, -0.15) is 0 Å². The van der Waals surface area contributed by atoms with Crippen molar-refractivity contribution in [3.63, 3.8) is 0 Å². The predicted octanol–water partition coefficient (Wildman–Crippen LogP) is 5.27. The van der Waals surface area contributed by atoms with Crippen molar-refractivity contribution in [1.29, 1.82) is 0 Å². The second-order valence-electron chi connectivity index (χ2n) is 8.40. The van der Waals surface area contributed by atoms with Crippen molar-refractivity contribution in [2.75, 3.05) is 5.32 Å². The molecule has 10 heteroatoms. The van der Waals surface area contributed by atoms with Crippen LogP contribution in [0.15, 0.2) is 58.3 Å². The fourth-order valence-corrected chi connectivity index (χ4v) is 4.27. The lowest BCUT2D eigenvalue weighted by molar-refractivity contribution is 0.102. The van der Waals surface area contributed by atoms with Gasteiger partial charge in [0, 0.05) is 29.3 Å². The number of nitrogens with zero attached hydrogens (tertiary/aromatic N) is 3. The first-order chi connectivity index (χ1) is 17.4. The Labute approximate surface area is 208 Å². The minimum absolute atomic E-state index is 0.0177. The van der Waals surface area contributed by atoms with E-state index in [1.807, 2.05) is 0 Å². The van der Waals surface area contributed by atoms with Gasteiger partial charge in [0.25, 0.3) is 17.9 Å². The lowest BCUT2D eigenvalue weighted by atomic mass is 9.95. The third-order valence-electron chi connectivity index (χ3n) is 5.67. The first kappa shape index (κ1) is 23.6. The summed E-state index contributed by atoms with van der Waals surface area (Å²) >= 11 is 1.23. The van der Waals surface area contributed by atoms with E-state index in [-0.39, 0.29) is 17.7 Å². The monoisotopic (exact) mass is 506 g/mol. The number of oxazole rings is 1. The van der Waals surface area contributed by atoms with Crippen LogP contribution in [-0.4, -0.2) is 20.4 Å². The molecule has 3 aromatic heterocycles. The number of hydrogen-bond acceptors (Lipinski definition) is 6. The SMILES string of the molecule is Cc1ccc(C(F)F)cc1-c1cn(Cc2ncco2)c(=O)cc1C(=O)Nc1ncc(C#CC2CC2)s1. The van der Waals surface area contributed by atoms with Crippen LogP contribution in [0.5, 0.6) is 0 Å². The Balaban J connectivity index is 1.54. The van der Waals surface area contributed by atoms with Gasteiger partial charge in [-0.25, -0.2) is 18.7 Å². The number of nitrogens with one attached hydrogen (secondary N) is 1. The van der Waals surface area contributed by atoms with Gasteiger partial charge in [-0.3, -0.25) is 14.9 Å². The number of carbonyl (C=O) groups is 1. The van der Waals surface area contributed by atoms with Crippen molar-refractivity contribution >= 4 is 22.4 Å². The maximum absolute atomic E-state index is 13.5. The summed E-state index contributed by atoms with van der Waals surface area (Å²) < 4.78 is 33.5. The average molecular weight is 507 g/mol. The summed E-state index contributed by atoms with van der Waals surface area (Å²) in [7, 11) is 0. The second kappa shape index (κ2) is 9.87. The Kier molecular flexibility index (Phi) is 6.48. The van der Waals surface area contributed by atoms with Crippen molar-refractivity contribution in [1.82, 2.24) is 14.5 Å². The molecule has 0 radical (unpaired) electrons. The van der Waals surface area contributed by atoms with E-state index in [9.17, 15) is 18.4 Å². The zero-order chi connectivity index (χ0) is 25.2. The molecular weight excluding hydrogens is 486 g/mol. The molecule has 1 aromatic carbocycles. The smallest absolute Gasteiger partial charge is 0.263 e. The number of alkyl halides is 2.